The van der Waals surface area contributed by atoms with Crippen molar-refractivity contribution >= 4 is 40.3 Å². The maximum absolute atomic E-state index is 12.6. The van der Waals surface area contributed by atoms with E-state index in [1.54, 1.807) is 11.0 Å². The highest BCUT2D eigenvalue weighted by molar-refractivity contribution is 6.42. The van der Waals surface area contributed by atoms with Gasteiger partial charge in [-0.3, -0.25) is 4.57 Å². The predicted molar refractivity (Wildman–Crippen MR) is 127 cm³/mol. The molecule has 0 aliphatic carbocycles. The number of hydrogen-bond donors (Lipinski definition) is 0. The molecule has 0 saturated carbocycles. The normalized spacial score (nSPS) is 16.5. The molecule has 1 atom stereocenters. The lowest BCUT2D eigenvalue weighted by Gasteiger charge is -2.28. The van der Waals surface area contributed by atoms with Gasteiger partial charge in [-0.2, -0.15) is 4.98 Å². The lowest BCUT2D eigenvalue weighted by atomic mass is 10.2. The average Bonchev–Trinajstić information content (AvgIpc) is 3.33. The standard InChI is InChI=1S/C24H27Cl2N3O3/c1-24(2,3)32-23(30)28-12-6-7-17(28)15-31-22-27-20-8-4-5-9-21(20)29(22)14-16-10-11-18(25)19(26)13-16/h4-5,8-11,13,17H,6-7,12,14-15H2,1-3H3/t17-/m0/s1. The first-order valence-electron chi connectivity index (χ1n) is 10.7. The molecule has 1 saturated heterocycles. The number of hydrogen-bond acceptors (Lipinski definition) is 4. The first-order chi connectivity index (χ1) is 15.2. The second-order valence-corrected chi connectivity index (χ2v) is 9.81. The highest BCUT2D eigenvalue weighted by atomic mass is 35.5. The maximum Gasteiger partial charge on any atom is 0.410 e. The quantitative estimate of drug-likeness (QED) is 0.442. The van der Waals surface area contributed by atoms with E-state index in [4.69, 9.17) is 32.7 Å². The van der Waals surface area contributed by atoms with E-state index in [2.05, 4.69) is 4.98 Å². The van der Waals surface area contributed by atoms with Crippen LogP contribution in [0.15, 0.2) is 42.5 Å². The van der Waals surface area contributed by atoms with Crippen molar-refractivity contribution in [3.8, 4) is 6.01 Å². The second-order valence-electron chi connectivity index (χ2n) is 9.00. The van der Waals surface area contributed by atoms with E-state index >= 15 is 0 Å². The lowest BCUT2D eigenvalue weighted by molar-refractivity contribution is 0.0183. The Morgan fingerprint density at radius 2 is 1.94 bits per heavy atom. The number of halogens is 2. The highest BCUT2D eigenvalue weighted by Crippen LogP contribution is 2.28. The Balaban J connectivity index is 1.54. The molecule has 3 aromatic rings. The molecule has 0 bridgehead atoms. The molecule has 1 aromatic heterocycles. The van der Waals surface area contributed by atoms with Crippen molar-refractivity contribution < 1.29 is 14.3 Å². The number of para-hydroxylation sites is 2. The van der Waals surface area contributed by atoms with Crippen LogP contribution in [0, 0.1) is 0 Å². The van der Waals surface area contributed by atoms with Gasteiger partial charge in [0.1, 0.15) is 12.2 Å². The van der Waals surface area contributed by atoms with E-state index < -0.39 is 5.60 Å². The van der Waals surface area contributed by atoms with Gasteiger partial charge in [0.2, 0.25) is 0 Å². The minimum atomic E-state index is -0.529. The highest BCUT2D eigenvalue weighted by Gasteiger charge is 2.33. The zero-order chi connectivity index (χ0) is 22.9. The molecule has 0 unspecified atom stereocenters. The van der Waals surface area contributed by atoms with Gasteiger partial charge in [-0.25, -0.2) is 4.79 Å². The molecule has 1 fully saturated rings. The number of fused-ring (bicyclic) bond motifs is 1. The monoisotopic (exact) mass is 475 g/mol. The van der Waals surface area contributed by atoms with Gasteiger partial charge < -0.3 is 14.4 Å². The van der Waals surface area contributed by atoms with Crippen LogP contribution in [0.25, 0.3) is 11.0 Å². The fraction of sp³-hybridized carbons (Fsp3) is 0.417. The van der Waals surface area contributed by atoms with Gasteiger partial charge in [-0.15, -0.1) is 0 Å². The van der Waals surface area contributed by atoms with Gasteiger partial charge >= 0.3 is 6.09 Å². The summed E-state index contributed by atoms with van der Waals surface area (Å²) < 4.78 is 13.8. The van der Waals surface area contributed by atoms with Crippen LogP contribution in [0.4, 0.5) is 4.79 Å². The number of aromatic nitrogens is 2. The maximum atomic E-state index is 12.6. The van der Waals surface area contributed by atoms with Crippen molar-refractivity contribution in [2.75, 3.05) is 13.2 Å². The number of carbonyl (C=O) groups is 1. The third-order valence-electron chi connectivity index (χ3n) is 5.35. The summed E-state index contributed by atoms with van der Waals surface area (Å²) in [7, 11) is 0. The molecule has 2 aromatic carbocycles. The Labute approximate surface area is 198 Å². The predicted octanol–water partition coefficient (Wildman–Crippen LogP) is 6.17. The first-order valence-corrected chi connectivity index (χ1v) is 11.5. The van der Waals surface area contributed by atoms with E-state index in [0.29, 0.717) is 35.8 Å². The molecule has 8 heteroatoms. The second kappa shape index (κ2) is 9.20. The minimum absolute atomic E-state index is 0.0527. The molecule has 2 heterocycles. The number of benzene rings is 2. The van der Waals surface area contributed by atoms with Crippen molar-refractivity contribution in [1.29, 1.82) is 0 Å². The summed E-state index contributed by atoms with van der Waals surface area (Å²) >= 11 is 12.3. The van der Waals surface area contributed by atoms with Crippen molar-refractivity contribution in [3.63, 3.8) is 0 Å². The van der Waals surface area contributed by atoms with Gasteiger partial charge in [0.05, 0.1) is 33.7 Å². The first kappa shape index (κ1) is 22.7. The van der Waals surface area contributed by atoms with Crippen LogP contribution < -0.4 is 4.74 Å². The summed E-state index contributed by atoms with van der Waals surface area (Å²) in [6, 6.07) is 13.9. The van der Waals surface area contributed by atoms with Gasteiger partial charge in [0.25, 0.3) is 6.01 Å². The number of rotatable bonds is 5. The molecule has 4 rings (SSSR count). The average molecular weight is 476 g/mol. The number of likely N-dealkylation sites (tertiary alicyclic amines) is 1. The van der Waals surface area contributed by atoms with Gasteiger partial charge in [-0.1, -0.05) is 41.4 Å². The smallest absolute Gasteiger partial charge is 0.410 e. The fourth-order valence-electron chi connectivity index (χ4n) is 3.88. The minimum Gasteiger partial charge on any atom is -0.462 e. The van der Waals surface area contributed by atoms with Crippen LogP contribution >= 0.6 is 23.2 Å². The zero-order valence-electron chi connectivity index (χ0n) is 18.5. The summed E-state index contributed by atoms with van der Waals surface area (Å²) in [6.07, 6.45) is 1.49. The van der Waals surface area contributed by atoms with Crippen LogP contribution in [-0.2, 0) is 11.3 Å². The number of ether oxygens (including phenoxy) is 2. The number of imidazole rings is 1. The fourth-order valence-corrected chi connectivity index (χ4v) is 4.20. The molecule has 1 aliphatic heterocycles. The van der Waals surface area contributed by atoms with Crippen LogP contribution in [0.2, 0.25) is 10.0 Å². The molecule has 6 nitrogen and oxygen atoms in total. The topological polar surface area (TPSA) is 56.6 Å². The van der Waals surface area contributed by atoms with E-state index in [1.165, 1.54) is 0 Å². The molecule has 1 amide bonds. The molecule has 0 N–H and O–H groups in total. The van der Waals surface area contributed by atoms with Crippen LogP contribution in [0.5, 0.6) is 6.01 Å². The van der Waals surface area contributed by atoms with Gasteiger partial charge in [0, 0.05) is 6.54 Å². The summed E-state index contributed by atoms with van der Waals surface area (Å²) in [5.41, 5.74) is 2.27. The number of amides is 1. The zero-order valence-corrected chi connectivity index (χ0v) is 20.0. The molecule has 0 spiro atoms. The Bertz CT molecular complexity index is 1120. The van der Waals surface area contributed by atoms with E-state index in [1.807, 2.05) is 61.7 Å². The van der Waals surface area contributed by atoms with E-state index in [0.717, 1.165) is 29.4 Å². The molecular weight excluding hydrogens is 449 g/mol. The SMILES string of the molecule is CC(C)(C)OC(=O)N1CCC[C@H]1COc1nc2ccccc2n1Cc1ccc(Cl)c(Cl)c1. The van der Waals surface area contributed by atoms with E-state index in [9.17, 15) is 4.79 Å². The largest absolute Gasteiger partial charge is 0.462 e. The molecule has 32 heavy (non-hydrogen) atoms. The molecule has 1 aliphatic rings. The summed E-state index contributed by atoms with van der Waals surface area (Å²) in [5.74, 6) is 0. The third-order valence-corrected chi connectivity index (χ3v) is 6.09. The Hall–Kier alpha value is -2.44. The summed E-state index contributed by atoms with van der Waals surface area (Å²) in [5, 5.41) is 1.03. The van der Waals surface area contributed by atoms with Crippen molar-refractivity contribution in [2.24, 2.45) is 0 Å². The third kappa shape index (κ3) is 5.13. The molecule has 0 radical (unpaired) electrons. The number of carbonyl (C=O) groups excluding carboxylic acids is 1. The summed E-state index contributed by atoms with van der Waals surface area (Å²) in [4.78, 5) is 19.0. The van der Waals surface area contributed by atoms with Crippen molar-refractivity contribution in [1.82, 2.24) is 14.5 Å². The van der Waals surface area contributed by atoms with Crippen LogP contribution in [-0.4, -0.2) is 45.3 Å². The van der Waals surface area contributed by atoms with Crippen molar-refractivity contribution in [2.45, 2.75) is 51.8 Å². The Kier molecular flexibility index (Phi) is 6.54. The van der Waals surface area contributed by atoms with E-state index in [-0.39, 0.29) is 12.1 Å². The Morgan fingerprint density at radius 3 is 2.69 bits per heavy atom. The van der Waals surface area contributed by atoms with Crippen molar-refractivity contribution in [3.05, 3.63) is 58.1 Å². The van der Waals surface area contributed by atoms with Gasteiger partial charge in [-0.05, 0) is 63.4 Å². The van der Waals surface area contributed by atoms with Crippen LogP contribution in [0.1, 0.15) is 39.2 Å². The molecule has 170 valence electrons. The Morgan fingerprint density at radius 1 is 1.16 bits per heavy atom. The summed E-state index contributed by atoms with van der Waals surface area (Å²) in [6.45, 7) is 7.17. The lowest BCUT2D eigenvalue weighted by Crippen LogP contribution is -2.42. The van der Waals surface area contributed by atoms with Crippen LogP contribution in [0.3, 0.4) is 0 Å². The number of nitrogens with zero attached hydrogens (tertiary/aromatic N) is 3. The van der Waals surface area contributed by atoms with Gasteiger partial charge in [0.15, 0.2) is 0 Å². The molecular formula is C24H27Cl2N3O3.